The molecule has 0 N–H and O–H groups in total. The molecule has 0 unspecified atom stereocenters. The summed E-state index contributed by atoms with van der Waals surface area (Å²) in [6.07, 6.45) is 2.26. The van der Waals surface area contributed by atoms with Crippen LogP contribution in [0.4, 0.5) is 5.82 Å². The zero-order valence-electron chi connectivity index (χ0n) is 14.4. The van der Waals surface area contributed by atoms with Gasteiger partial charge in [0.25, 0.3) is 0 Å². The van der Waals surface area contributed by atoms with Gasteiger partial charge in [-0.05, 0) is 30.6 Å². The van der Waals surface area contributed by atoms with Crippen LogP contribution < -0.4 is 0 Å². The van der Waals surface area contributed by atoms with Gasteiger partial charge < -0.3 is 4.74 Å². The van der Waals surface area contributed by atoms with Crippen molar-refractivity contribution in [3.63, 3.8) is 0 Å². The molecule has 5 heteroatoms. The SMILES string of the molecule is CC(C)(C)c1cc(N=C=S)nn1[C@H]1C[C@@H](OCc2ccccc2)C1. The maximum absolute atomic E-state index is 6.00. The Labute approximate surface area is 148 Å². The largest absolute Gasteiger partial charge is 0.373 e. The Hall–Kier alpha value is -1.81. The zero-order chi connectivity index (χ0) is 17.2. The third-order valence-corrected chi connectivity index (χ3v) is 4.49. The molecule has 24 heavy (non-hydrogen) atoms. The molecule has 1 aliphatic carbocycles. The minimum Gasteiger partial charge on any atom is -0.373 e. The van der Waals surface area contributed by atoms with E-state index in [-0.39, 0.29) is 5.41 Å². The number of isothiocyanates is 1. The lowest BCUT2D eigenvalue weighted by Gasteiger charge is -2.37. The quantitative estimate of drug-likeness (QED) is 0.577. The molecule has 0 aliphatic heterocycles. The smallest absolute Gasteiger partial charge is 0.184 e. The first-order valence-electron chi connectivity index (χ1n) is 8.31. The van der Waals surface area contributed by atoms with E-state index in [1.165, 1.54) is 11.3 Å². The molecule has 0 atom stereocenters. The average Bonchev–Trinajstić information content (AvgIpc) is 2.91. The molecule has 1 aromatic heterocycles. The van der Waals surface area contributed by atoms with Crippen molar-refractivity contribution in [3.8, 4) is 0 Å². The van der Waals surface area contributed by atoms with Gasteiger partial charge in [-0.2, -0.15) is 10.1 Å². The van der Waals surface area contributed by atoms with Gasteiger partial charge >= 0.3 is 0 Å². The van der Waals surface area contributed by atoms with Crippen LogP contribution in [0.5, 0.6) is 0 Å². The normalized spacial score (nSPS) is 20.3. The second-order valence-corrected chi connectivity index (χ2v) is 7.51. The van der Waals surface area contributed by atoms with Gasteiger partial charge in [0.2, 0.25) is 0 Å². The number of hydrogen-bond donors (Lipinski definition) is 0. The van der Waals surface area contributed by atoms with Crippen LogP contribution in [0.3, 0.4) is 0 Å². The summed E-state index contributed by atoms with van der Waals surface area (Å²) in [4.78, 5) is 4.04. The van der Waals surface area contributed by atoms with E-state index < -0.39 is 0 Å². The predicted octanol–water partition coefficient (Wildman–Crippen LogP) is 4.84. The molecular weight excluding hydrogens is 318 g/mol. The summed E-state index contributed by atoms with van der Waals surface area (Å²) in [5, 5.41) is 7.01. The van der Waals surface area contributed by atoms with E-state index in [9.17, 15) is 0 Å². The molecule has 1 saturated carbocycles. The Bertz CT molecular complexity index is 736. The number of aromatic nitrogens is 2. The Morgan fingerprint density at radius 3 is 2.62 bits per heavy atom. The molecule has 0 bridgehead atoms. The molecule has 0 amide bonds. The highest BCUT2D eigenvalue weighted by atomic mass is 32.1. The summed E-state index contributed by atoms with van der Waals surface area (Å²) in [5.74, 6) is 0.642. The van der Waals surface area contributed by atoms with Gasteiger partial charge in [-0.3, -0.25) is 4.68 Å². The highest BCUT2D eigenvalue weighted by Gasteiger charge is 2.35. The van der Waals surface area contributed by atoms with Crippen molar-refractivity contribution >= 4 is 23.2 Å². The van der Waals surface area contributed by atoms with Crippen LogP contribution >= 0.6 is 12.2 Å². The van der Waals surface area contributed by atoms with Crippen LogP contribution in [0.15, 0.2) is 41.4 Å². The van der Waals surface area contributed by atoms with Gasteiger partial charge in [0, 0.05) is 17.2 Å². The summed E-state index contributed by atoms with van der Waals surface area (Å²) >= 11 is 4.70. The monoisotopic (exact) mass is 341 g/mol. The first-order chi connectivity index (χ1) is 11.5. The molecule has 1 fully saturated rings. The van der Waals surface area contributed by atoms with Crippen LogP contribution in [0, 0.1) is 0 Å². The summed E-state index contributed by atoms with van der Waals surface area (Å²) in [7, 11) is 0. The average molecular weight is 341 g/mol. The second-order valence-electron chi connectivity index (χ2n) is 7.33. The van der Waals surface area contributed by atoms with Gasteiger partial charge in [-0.15, -0.1) is 0 Å². The molecule has 0 spiro atoms. The van der Waals surface area contributed by atoms with Crippen molar-refractivity contribution in [1.29, 1.82) is 0 Å². The highest BCUT2D eigenvalue weighted by molar-refractivity contribution is 7.78. The molecule has 0 radical (unpaired) electrons. The van der Waals surface area contributed by atoms with E-state index in [0.717, 1.165) is 12.8 Å². The standard InChI is InChI=1S/C19H23N3OS/c1-19(2,3)17-11-18(20-13-24)21-22(17)15-9-16(10-15)23-12-14-7-5-4-6-8-14/h4-8,11,15-16H,9-10,12H2,1-3H3/t15-,16+. The van der Waals surface area contributed by atoms with Gasteiger partial charge in [0.1, 0.15) is 0 Å². The lowest BCUT2D eigenvalue weighted by Crippen LogP contribution is -2.36. The van der Waals surface area contributed by atoms with Crippen LogP contribution in [0.25, 0.3) is 0 Å². The molecule has 3 rings (SSSR count). The van der Waals surface area contributed by atoms with Crippen molar-refractivity contribution < 1.29 is 4.74 Å². The van der Waals surface area contributed by atoms with Crippen molar-refractivity contribution in [2.45, 2.75) is 57.8 Å². The van der Waals surface area contributed by atoms with Crippen LogP contribution in [-0.2, 0) is 16.8 Å². The van der Waals surface area contributed by atoms with Crippen molar-refractivity contribution in [1.82, 2.24) is 9.78 Å². The summed E-state index contributed by atoms with van der Waals surface area (Å²) in [6, 6.07) is 12.7. The third-order valence-electron chi connectivity index (χ3n) is 4.40. The zero-order valence-corrected chi connectivity index (χ0v) is 15.2. The minimum absolute atomic E-state index is 0.0121. The fourth-order valence-electron chi connectivity index (χ4n) is 2.98. The van der Waals surface area contributed by atoms with Crippen molar-refractivity contribution in [2.75, 3.05) is 0 Å². The Balaban J connectivity index is 1.64. The van der Waals surface area contributed by atoms with Crippen LogP contribution in [-0.4, -0.2) is 21.0 Å². The first-order valence-corrected chi connectivity index (χ1v) is 8.71. The molecule has 4 nitrogen and oxygen atoms in total. The molecule has 1 aliphatic rings. The fourth-order valence-corrected chi connectivity index (χ4v) is 3.08. The number of rotatable bonds is 5. The molecular formula is C19H23N3OS. The lowest BCUT2D eigenvalue weighted by molar-refractivity contribution is -0.0394. The summed E-state index contributed by atoms with van der Waals surface area (Å²) < 4.78 is 8.11. The topological polar surface area (TPSA) is 39.4 Å². The Morgan fingerprint density at radius 1 is 1.29 bits per heavy atom. The Morgan fingerprint density at radius 2 is 2.00 bits per heavy atom. The molecule has 126 valence electrons. The van der Waals surface area contributed by atoms with E-state index in [2.05, 4.69) is 52.8 Å². The minimum atomic E-state index is 0.0121. The number of aliphatic imine (C=N–C) groups is 1. The number of ether oxygens (including phenoxy) is 1. The third kappa shape index (κ3) is 3.81. The lowest BCUT2D eigenvalue weighted by atomic mass is 9.86. The molecule has 2 aromatic rings. The van der Waals surface area contributed by atoms with Gasteiger partial charge in [-0.25, -0.2) is 0 Å². The molecule has 1 aromatic carbocycles. The number of benzene rings is 1. The van der Waals surface area contributed by atoms with Gasteiger partial charge in [0.05, 0.1) is 23.9 Å². The highest BCUT2D eigenvalue weighted by Crippen LogP contribution is 2.39. The van der Waals surface area contributed by atoms with E-state index in [1.807, 2.05) is 24.3 Å². The van der Waals surface area contributed by atoms with Gasteiger partial charge in [-0.1, -0.05) is 51.1 Å². The van der Waals surface area contributed by atoms with Crippen molar-refractivity contribution in [3.05, 3.63) is 47.7 Å². The number of hydrogen-bond acceptors (Lipinski definition) is 4. The van der Waals surface area contributed by atoms with Crippen LogP contribution in [0.1, 0.15) is 50.9 Å². The summed E-state index contributed by atoms with van der Waals surface area (Å²) in [5.41, 5.74) is 2.41. The number of thiocarbonyl (C=S) groups is 1. The van der Waals surface area contributed by atoms with Crippen LogP contribution in [0.2, 0.25) is 0 Å². The Kier molecular flexibility index (Phi) is 4.95. The summed E-state index contributed by atoms with van der Waals surface area (Å²) in [6.45, 7) is 7.23. The maximum Gasteiger partial charge on any atom is 0.184 e. The molecule has 0 saturated heterocycles. The van der Waals surface area contributed by atoms with Gasteiger partial charge in [0.15, 0.2) is 5.82 Å². The fraction of sp³-hybridized carbons (Fsp3) is 0.474. The van der Waals surface area contributed by atoms with Crippen molar-refractivity contribution in [2.24, 2.45) is 4.99 Å². The van der Waals surface area contributed by atoms with E-state index in [1.54, 1.807) is 0 Å². The maximum atomic E-state index is 6.00. The molecule has 1 heterocycles. The second kappa shape index (κ2) is 6.98. The first kappa shape index (κ1) is 17.0. The van der Waals surface area contributed by atoms with E-state index in [0.29, 0.717) is 24.6 Å². The number of nitrogens with zero attached hydrogens (tertiary/aromatic N) is 3. The van der Waals surface area contributed by atoms with E-state index >= 15 is 0 Å². The predicted molar refractivity (Wildman–Crippen MR) is 98.9 cm³/mol. The van der Waals surface area contributed by atoms with E-state index in [4.69, 9.17) is 17.0 Å².